The number of halogens is 2. The number of hydrogen-bond acceptors (Lipinski definition) is 3. The summed E-state index contributed by atoms with van der Waals surface area (Å²) >= 11 is 12.2. The van der Waals surface area contributed by atoms with Gasteiger partial charge in [-0.25, -0.2) is 8.42 Å². The fraction of sp³-hybridized carbons (Fsp3) is 0.278. The summed E-state index contributed by atoms with van der Waals surface area (Å²) < 4.78 is 25.9. The van der Waals surface area contributed by atoms with Crippen LogP contribution in [0.3, 0.4) is 0 Å². The molecule has 1 atom stereocenters. The molecule has 138 valence electrons. The Morgan fingerprint density at radius 1 is 1.19 bits per heavy atom. The molecule has 1 amide bonds. The van der Waals surface area contributed by atoms with E-state index in [1.807, 2.05) is 13.8 Å². The van der Waals surface area contributed by atoms with Crippen LogP contribution in [0.15, 0.2) is 36.4 Å². The lowest BCUT2D eigenvalue weighted by Gasteiger charge is -2.18. The van der Waals surface area contributed by atoms with Gasteiger partial charge in [-0.05, 0) is 54.8 Å². The number of rotatable bonds is 3. The van der Waals surface area contributed by atoms with Gasteiger partial charge < -0.3 is 5.32 Å². The SMILES string of the molecule is Cc1cc(Cl)cc(NC(=O)c2cc(N3CC(C)CS3(=O)=O)ccc2Cl)c1. The third kappa shape index (κ3) is 3.98. The first kappa shape index (κ1) is 19.0. The zero-order valence-corrected chi connectivity index (χ0v) is 16.6. The highest BCUT2D eigenvalue weighted by atomic mass is 35.5. The van der Waals surface area contributed by atoms with E-state index in [2.05, 4.69) is 5.32 Å². The molecular weight excluding hydrogens is 395 g/mol. The van der Waals surface area contributed by atoms with Crippen LogP contribution in [0.1, 0.15) is 22.8 Å². The highest BCUT2D eigenvalue weighted by molar-refractivity contribution is 7.93. The zero-order chi connectivity index (χ0) is 19.1. The number of nitrogens with zero attached hydrogens (tertiary/aromatic N) is 1. The number of nitrogens with one attached hydrogen (secondary N) is 1. The summed E-state index contributed by atoms with van der Waals surface area (Å²) in [4.78, 5) is 12.6. The number of carbonyl (C=O) groups excluding carboxylic acids is 1. The molecule has 0 spiro atoms. The monoisotopic (exact) mass is 412 g/mol. The van der Waals surface area contributed by atoms with E-state index in [9.17, 15) is 13.2 Å². The second kappa shape index (κ2) is 7.10. The highest BCUT2D eigenvalue weighted by Gasteiger charge is 2.34. The van der Waals surface area contributed by atoms with Crippen molar-refractivity contribution in [1.29, 1.82) is 0 Å². The van der Waals surface area contributed by atoms with Gasteiger partial charge in [0, 0.05) is 17.3 Å². The second-order valence-electron chi connectivity index (χ2n) is 6.55. The molecule has 1 aliphatic rings. The first-order valence-corrected chi connectivity index (χ1v) is 10.4. The number of amides is 1. The van der Waals surface area contributed by atoms with Crippen LogP contribution < -0.4 is 9.62 Å². The van der Waals surface area contributed by atoms with E-state index in [4.69, 9.17) is 23.2 Å². The minimum absolute atomic E-state index is 0.0300. The van der Waals surface area contributed by atoms with Crippen molar-refractivity contribution in [2.24, 2.45) is 5.92 Å². The van der Waals surface area contributed by atoms with Crippen molar-refractivity contribution in [3.8, 4) is 0 Å². The molecule has 1 saturated heterocycles. The third-order valence-corrected chi connectivity index (χ3v) is 6.66. The standard InChI is InChI=1S/C18H18Cl2N2O3S/c1-11-5-13(19)7-14(6-11)21-18(23)16-8-15(3-4-17(16)20)22-9-12(2)10-26(22,24)25/h3-8,12H,9-10H2,1-2H3,(H,21,23). The molecule has 1 unspecified atom stereocenters. The molecule has 0 aliphatic carbocycles. The van der Waals surface area contributed by atoms with E-state index in [1.165, 1.54) is 16.4 Å². The van der Waals surface area contributed by atoms with E-state index < -0.39 is 15.9 Å². The first-order valence-electron chi connectivity index (χ1n) is 8.04. The highest BCUT2D eigenvalue weighted by Crippen LogP contribution is 2.30. The summed E-state index contributed by atoms with van der Waals surface area (Å²) in [7, 11) is -3.37. The average Bonchev–Trinajstić information content (AvgIpc) is 2.79. The van der Waals surface area contributed by atoms with Gasteiger partial charge >= 0.3 is 0 Å². The second-order valence-corrected chi connectivity index (χ2v) is 9.33. The Morgan fingerprint density at radius 3 is 2.54 bits per heavy atom. The van der Waals surface area contributed by atoms with Crippen molar-refractivity contribution in [2.45, 2.75) is 13.8 Å². The van der Waals surface area contributed by atoms with Gasteiger partial charge in [-0.15, -0.1) is 0 Å². The topological polar surface area (TPSA) is 66.5 Å². The minimum Gasteiger partial charge on any atom is -0.322 e. The van der Waals surface area contributed by atoms with Crippen LogP contribution >= 0.6 is 23.2 Å². The van der Waals surface area contributed by atoms with Crippen molar-refractivity contribution in [1.82, 2.24) is 0 Å². The van der Waals surface area contributed by atoms with E-state index in [0.717, 1.165) is 5.56 Å². The lowest BCUT2D eigenvalue weighted by molar-refractivity contribution is 0.102. The van der Waals surface area contributed by atoms with Gasteiger partial charge in [0.15, 0.2) is 0 Å². The Labute approximate surface area is 163 Å². The van der Waals surface area contributed by atoms with Crippen LogP contribution in [0, 0.1) is 12.8 Å². The summed E-state index contributed by atoms with van der Waals surface area (Å²) in [6.45, 7) is 4.13. The third-order valence-electron chi connectivity index (χ3n) is 4.09. The number of benzene rings is 2. The average molecular weight is 413 g/mol. The molecule has 0 aromatic heterocycles. The Balaban J connectivity index is 1.91. The summed E-state index contributed by atoms with van der Waals surface area (Å²) in [5.74, 6) is -0.301. The molecule has 2 aromatic carbocycles. The van der Waals surface area contributed by atoms with Crippen LogP contribution in [0.5, 0.6) is 0 Å². The molecule has 0 saturated carbocycles. The molecule has 0 bridgehead atoms. The van der Waals surface area contributed by atoms with Gasteiger partial charge in [-0.1, -0.05) is 30.1 Å². The molecule has 5 nitrogen and oxygen atoms in total. The van der Waals surface area contributed by atoms with E-state index >= 15 is 0 Å². The van der Waals surface area contributed by atoms with Crippen LogP contribution in [0.25, 0.3) is 0 Å². The smallest absolute Gasteiger partial charge is 0.257 e. The Kier molecular flexibility index (Phi) is 5.19. The lowest BCUT2D eigenvalue weighted by Crippen LogP contribution is -2.25. The molecule has 1 N–H and O–H groups in total. The fourth-order valence-electron chi connectivity index (χ4n) is 3.01. The van der Waals surface area contributed by atoms with Crippen molar-refractivity contribution < 1.29 is 13.2 Å². The largest absolute Gasteiger partial charge is 0.322 e. The first-order chi connectivity index (χ1) is 12.2. The lowest BCUT2D eigenvalue weighted by atomic mass is 10.1. The molecule has 8 heteroatoms. The number of hydrogen-bond donors (Lipinski definition) is 1. The molecule has 3 rings (SSSR count). The summed E-state index contributed by atoms with van der Waals surface area (Å²) in [6, 6.07) is 9.85. The number of sulfonamides is 1. The zero-order valence-electron chi connectivity index (χ0n) is 14.3. The normalized spacial score (nSPS) is 18.8. The van der Waals surface area contributed by atoms with Gasteiger partial charge in [0.25, 0.3) is 5.91 Å². The molecular formula is C18H18Cl2N2O3S. The fourth-order valence-corrected chi connectivity index (χ4v) is 5.43. The number of anilines is 2. The number of aryl methyl sites for hydroxylation is 1. The molecule has 1 aliphatic heterocycles. The van der Waals surface area contributed by atoms with Crippen LogP contribution in [-0.4, -0.2) is 26.6 Å². The Morgan fingerprint density at radius 2 is 1.92 bits per heavy atom. The molecule has 1 fully saturated rings. The van der Waals surface area contributed by atoms with Gasteiger partial charge in [0.2, 0.25) is 10.0 Å². The van der Waals surface area contributed by atoms with Crippen molar-refractivity contribution in [3.63, 3.8) is 0 Å². The van der Waals surface area contributed by atoms with Gasteiger partial charge in [0.1, 0.15) is 0 Å². The predicted molar refractivity (Wildman–Crippen MR) is 106 cm³/mol. The molecule has 0 radical (unpaired) electrons. The summed E-state index contributed by atoms with van der Waals surface area (Å²) in [5, 5.41) is 3.51. The maximum absolute atomic E-state index is 12.6. The maximum atomic E-state index is 12.6. The predicted octanol–water partition coefficient (Wildman–Crippen LogP) is 4.34. The molecule has 1 heterocycles. The van der Waals surface area contributed by atoms with Gasteiger partial charge in [-0.3, -0.25) is 9.10 Å². The minimum atomic E-state index is -3.37. The summed E-state index contributed by atoms with van der Waals surface area (Å²) in [6.07, 6.45) is 0. The van der Waals surface area contributed by atoms with Gasteiger partial charge in [-0.2, -0.15) is 0 Å². The molecule has 2 aromatic rings. The van der Waals surface area contributed by atoms with Crippen molar-refractivity contribution in [3.05, 3.63) is 57.6 Å². The van der Waals surface area contributed by atoms with Crippen molar-refractivity contribution >= 4 is 50.5 Å². The van der Waals surface area contributed by atoms with Gasteiger partial charge in [0.05, 0.1) is 22.0 Å². The van der Waals surface area contributed by atoms with Crippen LogP contribution in [-0.2, 0) is 10.0 Å². The van der Waals surface area contributed by atoms with Crippen LogP contribution in [0.2, 0.25) is 10.0 Å². The molecule has 26 heavy (non-hydrogen) atoms. The summed E-state index contributed by atoms with van der Waals surface area (Å²) in [5.41, 5.74) is 2.09. The van der Waals surface area contributed by atoms with Crippen LogP contribution in [0.4, 0.5) is 11.4 Å². The maximum Gasteiger partial charge on any atom is 0.257 e. The van der Waals surface area contributed by atoms with E-state index in [0.29, 0.717) is 22.9 Å². The Bertz CT molecular complexity index is 956. The van der Waals surface area contributed by atoms with E-state index in [-0.39, 0.29) is 22.3 Å². The van der Waals surface area contributed by atoms with E-state index in [1.54, 1.807) is 24.3 Å². The Hall–Kier alpha value is -1.76. The quantitative estimate of drug-likeness (QED) is 0.814. The number of carbonyl (C=O) groups is 1. The van der Waals surface area contributed by atoms with Crippen molar-refractivity contribution in [2.75, 3.05) is 21.9 Å².